The van der Waals surface area contributed by atoms with Gasteiger partial charge in [-0.1, -0.05) is 48.5 Å². The van der Waals surface area contributed by atoms with E-state index in [1.165, 1.54) is 71.5 Å². The molecule has 6 aromatic rings. The standard InChI is InChI=1S/2C16H11FN2OS.Zn/c2*17-13-7-5-11(6-8-13)14-10-21-16(19-14)18-9-12-3-1-2-4-15(12)20;/h2*1-10,20H;/q;;+2/p-2/b2*18-9+;. The van der Waals surface area contributed by atoms with Crippen LogP contribution in [0.3, 0.4) is 0 Å². The zero-order valence-corrected chi connectivity index (χ0v) is 27.0. The van der Waals surface area contributed by atoms with Crippen LogP contribution in [0, 0.1) is 11.6 Å². The largest absolute Gasteiger partial charge is 2.00 e. The minimum atomic E-state index is -0.278. The van der Waals surface area contributed by atoms with Crippen LogP contribution in [0.2, 0.25) is 0 Å². The summed E-state index contributed by atoms with van der Waals surface area (Å²) in [6, 6.07) is 25.6. The van der Waals surface area contributed by atoms with Crippen LogP contribution >= 0.6 is 22.7 Å². The first-order chi connectivity index (χ1) is 20.4. The molecule has 0 saturated heterocycles. The van der Waals surface area contributed by atoms with Crippen LogP contribution in [0.25, 0.3) is 22.5 Å². The predicted octanol–water partition coefficient (Wildman–Crippen LogP) is 7.54. The molecule has 4 aromatic carbocycles. The molecular formula is C32H20F2N4O2S2Zn. The van der Waals surface area contributed by atoms with E-state index in [-0.39, 0.29) is 42.6 Å². The Morgan fingerprint density at radius 2 is 0.930 bits per heavy atom. The summed E-state index contributed by atoms with van der Waals surface area (Å²) in [6.45, 7) is 0. The number of hydrogen-bond acceptors (Lipinski definition) is 8. The van der Waals surface area contributed by atoms with Gasteiger partial charge in [-0.25, -0.2) is 28.7 Å². The monoisotopic (exact) mass is 658 g/mol. The first-order valence-corrected chi connectivity index (χ1v) is 14.2. The van der Waals surface area contributed by atoms with Crippen LogP contribution in [0.4, 0.5) is 19.0 Å². The van der Waals surface area contributed by atoms with E-state index in [1.54, 1.807) is 60.7 Å². The number of nitrogens with zero attached hydrogens (tertiary/aromatic N) is 4. The van der Waals surface area contributed by atoms with Crippen molar-refractivity contribution in [2.45, 2.75) is 0 Å². The van der Waals surface area contributed by atoms with E-state index in [9.17, 15) is 19.0 Å². The van der Waals surface area contributed by atoms with Crippen LogP contribution in [0.15, 0.2) is 118 Å². The van der Waals surface area contributed by atoms with E-state index in [2.05, 4.69) is 20.0 Å². The number of hydrogen-bond donors (Lipinski definition) is 0. The summed E-state index contributed by atoms with van der Waals surface area (Å²) < 4.78 is 25.8. The summed E-state index contributed by atoms with van der Waals surface area (Å²) in [4.78, 5) is 17.1. The summed E-state index contributed by atoms with van der Waals surface area (Å²) in [7, 11) is 0. The fourth-order valence-electron chi connectivity index (χ4n) is 3.58. The molecular weight excluding hydrogens is 640 g/mol. The molecule has 0 saturated carbocycles. The van der Waals surface area contributed by atoms with Crippen molar-refractivity contribution in [3.63, 3.8) is 0 Å². The van der Waals surface area contributed by atoms with Crippen molar-refractivity contribution in [3.8, 4) is 34.0 Å². The van der Waals surface area contributed by atoms with Gasteiger partial charge in [-0.2, -0.15) is 0 Å². The molecule has 2 heterocycles. The fourth-order valence-corrected chi connectivity index (χ4v) is 4.92. The van der Waals surface area contributed by atoms with Crippen LogP contribution < -0.4 is 10.2 Å². The Labute approximate surface area is 267 Å². The van der Waals surface area contributed by atoms with Crippen molar-refractivity contribution in [2.75, 3.05) is 0 Å². The molecule has 0 fully saturated rings. The molecule has 2 aromatic heterocycles. The molecule has 208 valence electrons. The van der Waals surface area contributed by atoms with Crippen molar-refractivity contribution >= 4 is 45.4 Å². The number of benzene rings is 4. The van der Waals surface area contributed by atoms with Gasteiger partial charge in [0.15, 0.2) is 0 Å². The Morgan fingerprint density at radius 1 is 0.558 bits per heavy atom. The van der Waals surface area contributed by atoms with E-state index in [1.807, 2.05) is 10.8 Å². The van der Waals surface area contributed by atoms with Gasteiger partial charge < -0.3 is 10.2 Å². The number of aromatic nitrogens is 2. The third-order valence-corrected chi connectivity index (χ3v) is 7.23. The Kier molecular flexibility index (Phi) is 11.1. The average Bonchev–Trinajstić information content (AvgIpc) is 3.68. The van der Waals surface area contributed by atoms with E-state index in [0.717, 1.165) is 22.5 Å². The van der Waals surface area contributed by atoms with Crippen molar-refractivity contribution < 1.29 is 38.5 Å². The number of para-hydroxylation sites is 2. The fraction of sp³-hybridized carbons (Fsp3) is 0. The normalized spacial score (nSPS) is 10.8. The molecule has 11 heteroatoms. The van der Waals surface area contributed by atoms with Crippen LogP contribution in [0.5, 0.6) is 11.5 Å². The molecule has 0 aliphatic carbocycles. The Hall–Kier alpha value is -4.44. The van der Waals surface area contributed by atoms with Gasteiger partial charge in [0, 0.05) is 34.3 Å². The summed E-state index contributed by atoms with van der Waals surface area (Å²) in [5, 5.41) is 27.9. The maximum absolute atomic E-state index is 12.9. The zero-order valence-electron chi connectivity index (χ0n) is 22.4. The molecule has 0 aliphatic heterocycles. The van der Waals surface area contributed by atoms with Gasteiger partial charge in [-0.05, 0) is 59.7 Å². The summed E-state index contributed by atoms with van der Waals surface area (Å²) >= 11 is 2.74. The molecule has 0 unspecified atom stereocenters. The molecule has 6 rings (SSSR count). The number of aliphatic imine (C=N–C) groups is 2. The second-order valence-electron chi connectivity index (χ2n) is 8.64. The predicted molar refractivity (Wildman–Crippen MR) is 161 cm³/mol. The van der Waals surface area contributed by atoms with Gasteiger partial charge in [0.1, 0.15) is 11.6 Å². The van der Waals surface area contributed by atoms with E-state index in [0.29, 0.717) is 21.4 Å². The van der Waals surface area contributed by atoms with Crippen molar-refractivity contribution in [1.29, 1.82) is 0 Å². The van der Waals surface area contributed by atoms with Crippen molar-refractivity contribution in [1.82, 2.24) is 9.97 Å². The molecule has 6 nitrogen and oxygen atoms in total. The number of halogens is 2. The second kappa shape index (κ2) is 15.2. The van der Waals surface area contributed by atoms with Crippen LogP contribution in [0.1, 0.15) is 11.1 Å². The van der Waals surface area contributed by atoms with Gasteiger partial charge in [0.2, 0.25) is 10.3 Å². The number of rotatable bonds is 6. The SMILES string of the molecule is [O-]c1ccccc1/C=N/c1nc(-c2ccc(F)cc2)cs1.[O-]c1ccccc1/C=N/c1nc(-c2ccc(F)cc2)cs1.[Zn+2]. The molecule has 0 aliphatic rings. The van der Waals surface area contributed by atoms with Gasteiger partial charge in [-0.15, -0.1) is 34.2 Å². The van der Waals surface area contributed by atoms with E-state index in [4.69, 9.17) is 0 Å². The van der Waals surface area contributed by atoms with Gasteiger partial charge in [0.05, 0.1) is 11.4 Å². The van der Waals surface area contributed by atoms with E-state index < -0.39 is 0 Å². The summed E-state index contributed by atoms with van der Waals surface area (Å²) in [5.74, 6) is -0.702. The van der Waals surface area contributed by atoms with Crippen molar-refractivity contribution in [2.24, 2.45) is 9.98 Å². The second-order valence-corrected chi connectivity index (χ2v) is 10.3. The third kappa shape index (κ3) is 8.78. The third-order valence-electron chi connectivity index (χ3n) is 5.73. The first kappa shape index (κ1) is 31.5. The molecule has 0 bridgehead atoms. The molecule has 0 amide bonds. The topological polar surface area (TPSA) is 96.6 Å². The minimum Gasteiger partial charge on any atom is -0.872 e. The Morgan fingerprint density at radius 3 is 1.30 bits per heavy atom. The molecule has 0 N–H and O–H groups in total. The van der Waals surface area contributed by atoms with Crippen LogP contribution in [-0.2, 0) is 19.5 Å². The van der Waals surface area contributed by atoms with E-state index >= 15 is 0 Å². The average molecular weight is 660 g/mol. The van der Waals surface area contributed by atoms with Gasteiger partial charge >= 0.3 is 19.5 Å². The first-order valence-electron chi connectivity index (χ1n) is 12.5. The van der Waals surface area contributed by atoms with Gasteiger partial charge in [0.25, 0.3) is 0 Å². The Bertz CT molecular complexity index is 1700. The summed E-state index contributed by atoms with van der Waals surface area (Å²) in [6.07, 6.45) is 3.02. The molecule has 43 heavy (non-hydrogen) atoms. The van der Waals surface area contributed by atoms with Gasteiger partial charge in [-0.3, -0.25) is 0 Å². The quantitative estimate of drug-likeness (QED) is 0.136. The maximum Gasteiger partial charge on any atom is 2.00 e. The molecule has 0 radical (unpaired) electrons. The van der Waals surface area contributed by atoms with Crippen molar-refractivity contribution in [3.05, 3.63) is 131 Å². The minimum absolute atomic E-state index is 0. The van der Waals surface area contributed by atoms with Crippen LogP contribution in [-0.4, -0.2) is 22.4 Å². The molecule has 0 spiro atoms. The Balaban J connectivity index is 0.000000192. The summed E-state index contributed by atoms with van der Waals surface area (Å²) in [5.41, 5.74) is 4.19. The smallest absolute Gasteiger partial charge is 0.872 e. The zero-order chi connectivity index (χ0) is 29.3. The number of thiazole rings is 2. The molecule has 0 atom stereocenters. The maximum atomic E-state index is 12.9.